The number of aromatic nitrogens is 1. The molecule has 1 fully saturated rings. The Labute approximate surface area is 182 Å². The standard InChI is InChI=1S/C23H24N4O3S/c24-17-21-23(25-14-13-18-7-3-1-4-8-18)30-22(26-21)19-9-11-20(12-10-19)31(28,29)27-15-5-2-6-16-27/h1,3-4,7-12,25H,2,5-6,13-16H2. The number of nitriles is 1. The Bertz CT molecular complexity index is 1160. The molecule has 1 aliphatic rings. The number of oxazole rings is 1. The highest BCUT2D eigenvalue weighted by molar-refractivity contribution is 7.89. The number of hydrogen-bond donors (Lipinski definition) is 1. The molecule has 2 aromatic carbocycles. The van der Waals surface area contributed by atoms with E-state index in [2.05, 4.69) is 10.3 Å². The molecule has 0 radical (unpaired) electrons. The number of nitrogens with zero attached hydrogens (tertiary/aromatic N) is 3. The molecule has 2 heterocycles. The van der Waals surface area contributed by atoms with Crippen molar-refractivity contribution in [1.82, 2.24) is 9.29 Å². The van der Waals surface area contributed by atoms with Gasteiger partial charge in [-0.3, -0.25) is 0 Å². The molecule has 0 atom stereocenters. The first-order chi connectivity index (χ1) is 15.1. The Morgan fingerprint density at radius 2 is 1.74 bits per heavy atom. The van der Waals surface area contributed by atoms with E-state index in [-0.39, 0.29) is 16.5 Å². The van der Waals surface area contributed by atoms with Crippen molar-refractivity contribution in [2.75, 3.05) is 25.0 Å². The lowest BCUT2D eigenvalue weighted by atomic mass is 10.1. The van der Waals surface area contributed by atoms with Gasteiger partial charge in [0.1, 0.15) is 6.07 Å². The fourth-order valence-corrected chi connectivity index (χ4v) is 5.15. The molecule has 0 spiro atoms. The molecule has 8 heteroatoms. The van der Waals surface area contributed by atoms with Crippen LogP contribution >= 0.6 is 0 Å². The molecule has 4 rings (SSSR count). The number of anilines is 1. The van der Waals surface area contributed by atoms with Gasteiger partial charge in [0.2, 0.25) is 27.5 Å². The molecule has 0 aliphatic carbocycles. The fourth-order valence-electron chi connectivity index (χ4n) is 3.63. The van der Waals surface area contributed by atoms with Crippen molar-refractivity contribution in [1.29, 1.82) is 5.26 Å². The summed E-state index contributed by atoms with van der Waals surface area (Å²) in [6.07, 6.45) is 3.64. The van der Waals surface area contributed by atoms with Gasteiger partial charge in [0.25, 0.3) is 0 Å². The number of sulfonamides is 1. The Hall–Kier alpha value is -3.15. The molecule has 160 valence electrons. The van der Waals surface area contributed by atoms with E-state index in [0.717, 1.165) is 25.7 Å². The molecule has 1 aromatic heterocycles. The SMILES string of the molecule is N#Cc1nc(-c2ccc(S(=O)(=O)N3CCCCC3)cc2)oc1NCCc1ccccc1. The molecule has 3 aromatic rings. The van der Waals surface area contributed by atoms with Crippen LogP contribution in [0.3, 0.4) is 0 Å². The van der Waals surface area contributed by atoms with Gasteiger partial charge in [0, 0.05) is 25.2 Å². The molecule has 7 nitrogen and oxygen atoms in total. The molecule has 0 bridgehead atoms. The third-order valence-corrected chi connectivity index (χ3v) is 7.24. The molecular weight excluding hydrogens is 412 g/mol. The molecule has 1 saturated heterocycles. The van der Waals surface area contributed by atoms with Crippen molar-refractivity contribution in [3.63, 3.8) is 0 Å². The predicted molar refractivity (Wildman–Crippen MR) is 118 cm³/mol. The van der Waals surface area contributed by atoms with Crippen LogP contribution in [0.25, 0.3) is 11.5 Å². The van der Waals surface area contributed by atoms with Crippen LogP contribution in [-0.2, 0) is 16.4 Å². The minimum Gasteiger partial charge on any atom is -0.419 e. The third-order valence-electron chi connectivity index (χ3n) is 5.33. The zero-order chi connectivity index (χ0) is 21.7. The van der Waals surface area contributed by atoms with Crippen LogP contribution in [-0.4, -0.2) is 37.3 Å². The number of benzene rings is 2. The fraction of sp³-hybridized carbons (Fsp3) is 0.304. The van der Waals surface area contributed by atoms with Gasteiger partial charge in [-0.25, -0.2) is 8.42 Å². The van der Waals surface area contributed by atoms with E-state index in [1.165, 1.54) is 5.56 Å². The summed E-state index contributed by atoms with van der Waals surface area (Å²) in [5.41, 5.74) is 1.97. The minimum atomic E-state index is -3.49. The van der Waals surface area contributed by atoms with Crippen LogP contribution in [0.4, 0.5) is 5.88 Å². The highest BCUT2D eigenvalue weighted by atomic mass is 32.2. The molecule has 31 heavy (non-hydrogen) atoms. The van der Waals surface area contributed by atoms with Gasteiger partial charge in [0.05, 0.1) is 4.90 Å². The molecule has 0 amide bonds. The van der Waals surface area contributed by atoms with Crippen molar-refractivity contribution in [3.05, 3.63) is 65.9 Å². The topological polar surface area (TPSA) is 99.2 Å². The van der Waals surface area contributed by atoms with Gasteiger partial charge in [0.15, 0.2) is 0 Å². The van der Waals surface area contributed by atoms with E-state index in [0.29, 0.717) is 31.1 Å². The summed E-state index contributed by atoms with van der Waals surface area (Å²) in [6.45, 7) is 1.72. The number of rotatable bonds is 7. The summed E-state index contributed by atoms with van der Waals surface area (Å²) in [5.74, 6) is 0.596. The van der Waals surface area contributed by atoms with E-state index in [4.69, 9.17) is 4.42 Å². The van der Waals surface area contributed by atoms with Crippen LogP contribution in [0, 0.1) is 11.3 Å². The first-order valence-corrected chi connectivity index (χ1v) is 11.8. The van der Waals surface area contributed by atoms with Crippen molar-refractivity contribution in [2.45, 2.75) is 30.6 Å². The van der Waals surface area contributed by atoms with Gasteiger partial charge in [-0.05, 0) is 49.1 Å². The highest BCUT2D eigenvalue weighted by Crippen LogP contribution is 2.27. The lowest BCUT2D eigenvalue weighted by Crippen LogP contribution is -2.35. The van der Waals surface area contributed by atoms with Gasteiger partial charge >= 0.3 is 0 Å². The zero-order valence-electron chi connectivity index (χ0n) is 17.1. The van der Waals surface area contributed by atoms with E-state index >= 15 is 0 Å². The second-order valence-electron chi connectivity index (χ2n) is 7.46. The second-order valence-corrected chi connectivity index (χ2v) is 9.40. The van der Waals surface area contributed by atoms with Crippen molar-refractivity contribution in [3.8, 4) is 17.5 Å². The smallest absolute Gasteiger partial charge is 0.243 e. The molecule has 1 N–H and O–H groups in total. The van der Waals surface area contributed by atoms with E-state index < -0.39 is 10.0 Å². The van der Waals surface area contributed by atoms with Crippen LogP contribution in [0.2, 0.25) is 0 Å². The Morgan fingerprint density at radius 1 is 1.03 bits per heavy atom. The van der Waals surface area contributed by atoms with Crippen molar-refractivity contribution < 1.29 is 12.8 Å². The average molecular weight is 437 g/mol. The normalized spacial score (nSPS) is 14.8. The monoisotopic (exact) mass is 436 g/mol. The lowest BCUT2D eigenvalue weighted by molar-refractivity contribution is 0.346. The second kappa shape index (κ2) is 9.33. The van der Waals surface area contributed by atoms with Gasteiger partial charge < -0.3 is 9.73 Å². The van der Waals surface area contributed by atoms with Crippen LogP contribution in [0.15, 0.2) is 63.9 Å². The quantitative estimate of drug-likeness (QED) is 0.600. The van der Waals surface area contributed by atoms with Gasteiger partial charge in [-0.1, -0.05) is 36.8 Å². The van der Waals surface area contributed by atoms with E-state index in [1.807, 2.05) is 36.4 Å². The predicted octanol–water partition coefficient (Wildman–Crippen LogP) is 4.04. The van der Waals surface area contributed by atoms with Crippen LogP contribution < -0.4 is 5.32 Å². The van der Waals surface area contributed by atoms with Gasteiger partial charge in [-0.2, -0.15) is 14.6 Å². The maximum Gasteiger partial charge on any atom is 0.243 e. The molecular formula is C23H24N4O3S. The van der Waals surface area contributed by atoms with Crippen LogP contribution in [0.1, 0.15) is 30.5 Å². The maximum atomic E-state index is 12.8. The Morgan fingerprint density at radius 3 is 2.42 bits per heavy atom. The zero-order valence-corrected chi connectivity index (χ0v) is 17.9. The highest BCUT2D eigenvalue weighted by Gasteiger charge is 2.26. The van der Waals surface area contributed by atoms with E-state index in [9.17, 15) is 13.7 Å². The van der Waals surface area contributed by atoms with E-state index in [1.54, 1.807) is 28.6 Å². The first-order valence-electron chi connectivity index (χ1n) is 10.4. The number of nitrogens with one attached hydrogen (secondary N) is 1. The summed E-state index contributed by atoms with van der Waals surface area (Å²) >= 11 is 0. The minimum absolute atomic E-state index is 0.174. The molecule has 1 aliphatic heterocycles. The maximum absolute atomic E-state index is 12.8. The molecule has 0 unspecified atom stereocenters. The third kappa shape index (κ3) is 4.79. The summed E-state index contributed by atoms with van der Waals surface area (Å²) in [7, 11) is -3.49. The number of hydrogen-bond acceptors (Lipinski definition) is 6. The average Bonchev–Trinajstić information content (AvgIpc) is 3.24. The lowest BCUT2D eigenvalue weighted by Gasteiger charge is -2.25. The summed E-state index contributed by atoms with van der Waals surface area (Å²) in [5, 5.41) is 12.5. The summed E-state index contributed by atoms with van der Waals surface area (Å²) < 4.78 is 32.9. The summed E-state index contributed by atoms with van der Waals surface area (Å²) in [6, 6.07) is 18.5. The first kappa shape index (κ1) is 21.1. The number of piperidine rings is 1. The van der Waals surface area contributed by atoms with Crippen LogP contribution in [0.5, 0.6) is 0 Å². The Kier molecular flexibility index (Phi) is 6.35. The van der Waals surface area contributed by atoms with Crippen molar-refractivity contribution >= 4 is 15.9 Å². The summed E-state index contributed by atoms with van der Waals surface area (Å²) in [4.78, 5) is 4.51. The van der Waals surface area contributed by atoms with Gasteiger partial charge in [-0.15, -0.1) is 0 Å². The Balaban J connectivity index is 1.47. The largest absolute Gasteiger partial charge is 0.419 e. The van der Waals surface area contributed by atoms with Crippen molar-refractivity contribution in [2.24, 2.45) is 0 Å². The molecule has 0 saturated carbocycles.